The highest BCUT2D eigenvalue weighted by molar-refractivity contribution is 5.70. The summed E-state index contributed by atoms with van der Waals surface area (Å²) in [5, 5.41) is 0. The maximum atomic E-state index is 13.1. The van der Waals surface area contributed by atoms with Crippen molar-refractivity contribution in [3.63, 3.8) is 0 Å². The van der Waals surface area contributed by atoms with Crippen LogP contribution in [0.2, 0.25) is 0 Å². The highest BCUT2D eigenvalue weighted by atomic mass is 19.1. The molecule has 0 unspecified atom stereocenters. The van der Waals surface area contributed by atoms with E-state index in [1.54, 1.807) is 11.0 Å². The molecule has 1 fully saturated rings. The van der Waals surface area contributed by atoms with Crippen molar-refractivity contribution in [2.45, 2.75) is 38.4 Å². The Morgan fingerprint density at radius 1 is 1.45 bits per heavy atom. The summed E-state index contributed by atoms with van der Waals surface area (Å²) in [7, 11) is 0. The van der Waals surface area contributed by atoms with Crippen molar-refractivity contribution in [2.75, 3.05) is 13.1 Å². The van der Waals surface area contributed by atoms with E-state index in [0.29, 0.717) is 25.4 Å². The van der Waals surface area contributed by atoms with Gasteiger partial charge in [0.25, 0.3) is 0 Å². The van der Waals surface area contributed by atoms with Gasteiger partial charge in [-0.25, -0.2) is 4.79 Å². The van der Waals surface area contributed by atoms with Gasteiger partial charge in [0.15, 0.2) is 5.60 Å². The number of fused-ring (bicyclic) bond motifs is 1. The van der Waals surface area contributed by atoms with Gasteiger partial charge in [0.05, 0.1) is 13.1 Å². The number of ether oxygens (including phenoxy) is 2. The molecule has 1 aromatic rings. The second kappa shape index (κ2) is 4.07. The van der Waals surface area contributed by atoms with Crippen LogP contribution in [0.1, 0.15) is 26.3 Å². The second-order valence-corrected chi connectivity index (χ2v) is 6.40. The van der Waals surface area contributed by atoms with Gasteiger partial charge in [-0.05, 0) is 32.9 Å². The van der Waals surface area contributed by atoms with Crippen LogP contribution < -0.4 is 4.74 Å². The molecule has 5 nitrogen and oxygen atoms in total. The highest BCUT2D eigenvalue weighted by Gasteiger charge is 2.52. The maximum Gasteiger partial charge on any atom is 0.410 e. The van der Waals surface area contributed by atoms with E-state index in [1.807, 2.05) is 20.8 Å². The molecule has 0 aromatic carbocycles. The molecule has 1 amide bonds. The first kappa shape index (κ1) is 13.1. The second-order valence-electron chi connectivity index (χ2n) is 6.40. The lowest BCUT2D eigenvalue weighted by atomic mass is 9.90. The Labute approximate surface area is 116 Å². The van der Waals surface area contributed by atoms with Gasteiger partial charge in [0.1, 0.15) is 5.60 Å². The first-order chi connectivity index (χ1) is 9.26. The number of hydrogen-bond donors (Lipinski definition) is 0. The lowest BCUT2D eigenvalue weighted by molar-refractivity contribution is -0.0719. The summed E-state index contributed by atoms with van der Waals surface area (Å²) in [6.45, 7) is 6.37. The summed E-state index contributed by atoms with van der Waals surface area (Å²) >= 11 is 0. The fourth-order valence-corrected chi connectivity index (χ4v) is 2.54. The predicted octanol–water partition coefficient (Wildman–Crippen LogP) is 2.15. The van der Waals surface area contributed by atoms with Crippen molar-refractivity contribution in [1.82, 2.24) is 9.88 Å². The van der Waals surface area contributed by atoms with Crippen LogP contribution in [0.3, 0.4) is 0 Å². The Morgan fingerprint density at radius 3 is 2.80 bits per heavy atom. The van der Waals surface area contributed by atoms with Crippen molar-refractivity contribution in [2.24, 2.45) is 0 Å². The first-order valence-corrected chi connectivity index (χ1v) is 6.59. The summed E-state index contributed by atoms with van der Waals surface area (Å²) in [4.78, 5) is 17.2. The van der Waals surface area contributed by atoms with E-state index in [9.17, 15) is 9.18 Å². The molecule has 0 atom stereocenters. The van der Waals surface area contributed by atoms with Crippen LogP contribution in [0.25, 0.3) is 0 Å². The molecule has 108 valence electrons. The minimum atomic E-state index is -0.552. The summed E-state index contributed by atoms with van der Waals surface area (Å²) in [6, 6.07) is 3.01. The maximum absolute atomic E-state index is 13.1. The van der Waals surface area contributed by atoms with Crippen LogP contribution in [-0.2, 0) is 11.2 Å². The number of halogens is 1. The molecule has 2 aliphatic heterocycles. The zero-order valence-electron chi connectivity index (χ0n) is 11.8. The Bertz CT molecular complexity index is 562. The molecule has 3 rings (SSSR count). The van der Waals surface area contributed by atoms with Gasteiger partial charge in [-0.3, -0.25) is 4.90 Å². The Morgan fingerprint density at radius 2 is 2.15 bits per heavy atom. The number of carbonyl (C=O) groups excluding carboxylic acids is 1. The minimum Gasteiger partial charge on any atom is -0.467 e. The van der Waals surface area contributed by atoms with E-state index < -0.39 is 17.1 Å². The number of carbonyl (C=O) groups is 1. The number of hydrogen-bond acceptors (Lipinski definition) is 4. The summed E-state index contributed by atoms with van der Waals surface area (Å²) in [5.41, 5.74) is -0.0837. The van der Waals surface area contributed by atoms with Gasteiger partial charge in [-0.15, -0.1) is 0 Å². The van der Waals surface area contributed by atoms with E-state index in [-0.39, 0.29) is 6.09 Å². The van der Waals surface area contributed by atoms with Crippen LogP contribution in [0.4, 0.5) is 9.18 Å². The SMILES string of the molecule is CC(C)(C)OC(=O)N1CC2(Cc3ccc(F)nc3O2)C1. The molecular formula is C14H17FN2O3. The fourth-order valence-electron chi connectivity index (χ4n) is 2.54. The van der Waals surface area contributed by atoms with E-state index in [1.165, 1.54) is 6.07 Å². The first-order valence-electron chi connectivity index (χ1n) is 6.59. The molecule has 1 saturated heterocycles. The largest absolute Gasteiger partial charge is 0.467 e. The van der Waals surface area contributed by atoms with Gasteiger partial charge >= 0.3 is 6.09 Å². The number of nitrogens with zero attached hydrogens (tertiary/aromatic N) is 2. The summed E-state index contributed by atoms with van der Waals surface area (Å²) in [5.74, 6) is -0.210. The van der Waals surface area contributed by atoms with Crippen LogP contribution in [0.5, 0.6) is 5.88 Å². The van der Waals surface area contributed by atoms with Crippen LogP contribution >= 0.6 is 0 Å². The van der Waals surface area contributed by atoms with Crippen LogP contribution in [0, 0.1) is 5.95 Å². The van der Waals surface area contributed by atoms with Crippen LogP contribution in [0.15, 0.2) is 12.1 Å². The molecule has 6 heteroatoms. The number of likely N-dealkylation sites (tertiary alicyclic amines) is 1. The summed E-state index contributed by atoms with van der Waals surface area (Å²) < 4.78 is 24.1. The third kappa shape index (κ3) is 2.30. The number of aromatic nitrogens is 1. The monoisotopic (exact) mass is 280 g/mol. The molecule has 2 aliphatic rings. The lowest BCUT2D eigenvalue weighted by Crippen LogP contribution is -2.66. The smallest absolute Gasteiger partial charge is 0.410 e. The predicted molar refractivity (Wildman–Crippen MR) is 69.1 cm³/mol. The molecule has 1 spiro atoms. The van der Waals surface area contributed by atoms with Crippen molar-refractivity contribution < 1.29 is 18.7 Å². The third-order valence-electron chi connectivity index (χ3n) is 3.34. The van der Waals surface area contributed by atoms with Gasteiger partial charge in [0, 0.05) is 12.0 Å². The molecule has 0 N–H and O–H groups in total. The molecule has 3 heterocycles. The van der Waals surface area contributed by atoms with E-state index >= 15 is 0 Å². The topological polar surface area (TPSA) is 51.7 Å². The van der Waals surface area contributed by atoms with E-state index in [0.717, 1.165) is 5.56 Å². The minimum absolute atomic E-state index is 0.342. The Hall–Kier alpha value is -1.85. The van der Waals surface area contributed by atoms with Gasteiger partial charge in [-0.1, -0.05) is 0 Å². The standard InChI is InChI=1S/C14H17FN2O3/c1-13(2,3)20-12(18)17-7-14(8-17)6-9-4-5-10(15)16-11(9)19-14/h4-5H,6-8H2,1-3H3. The fraction of sp³-hybridized carbons (Fsp3) is 0.571. The Kier molecular flexibility index (Phi) is 2.68. The lowest BCUT2D eigenvalue weighted by Gasteiger charge is -2.46. The zero-order valence-corrected chi connectivity index (χ0v) is 11.8. The van der Waals surface area contributed by atoms with Crippen LogP contribution in [-0.4, -0.2) is 40.3 Å². The Balaban J connectivity index is 1.63. The number of amides is 1. The molecule has 20 heavy (non-hydrogen) atoms. The number of rotatable bonds is 0. The van der Waals surface area contributed by atoms with Gasteiger partial charge in [0.2, 0.25) is 11.8 Å². The highest BCUT2D eigenvalue weighted by Crippen LogP contribution is 2.39. The van der Waals surface area contributed by atoms with Crippen molar-refractivity contribution in [3.05, 3.63) is 23.6 Å². The van der Waals surface area contributed by atoms with E-state index in [4.69, 9.17) is 9.47 Å². The quantitative estimate of drug-likeness (QED) is 0.683. The van der Waals surface area contributed by atoms with Gasteiger partial charge < -0.3 is 9.47 Å². The van der Waals surface area contributed by atoms with Crippen molar-refractivity contribution in [1.29, 1.82) is 0 Å². The van der Waals surface area contributed by atoms with Crippen molar-refractivity contribution in [3.8, 4) is 5.88 Å². The average molecular weight is 280 g/mol. The molecule has 0 saturated carbocycles. The van der Waals surface area contributed by atoms with Crippen molar-refractivity contribution >= 4 is 6.09 Å². The zero-order chi connectivity index (χ0) is 14.5. The molecule has 0 aliphatic carbocycles. The number of pyridine rings is 1. The van der Waals surface area contributed by atoms with E-state index in [2.05, 4.69) is 4.98 Å². The average Bonchev–Trinajstić information content (AvgIpc) is 2.62. The molecular weight excluding hydrogens is 263 g/mol. The molecule has 0 bridgehead atoms. The molecule has 0 radical (unpaired) electrons. The third-order valence-corrected chi connectivity index (χ3v) is 3.34. The van der Waals surface area contributed by atoms with Gasteiger partial charge in [-0.2, -0.15) is 9.37 Å². The normalized spacial score (nSPS) is 19.3. The molecule has 1 aromatic heterocycles. The summed E-state index contributed by atoms with van der Waals surface area (Å²) in [6.07, 6.45) is 0.302.